The first-order valence-electron chi connectivity index (χ1n) is 11.7. The Morgan fingerprint density at radius 2 is 1.79 bits per heavy atom. The number of carbonyl (C=O) groups excluding carboxylic acids is 1. The molecule has 0 radical (unpaired) electrons. The molecular weight excluding hydrogens is 436 g/mol. The number of amidine groups is 1. The van der Waals surface area contributed by atoms with Gasteiger partial charge in [-0.25, -0.2) is 8.42 Å². The second kappa shape index (κ2) is 9.95. The second-order valence-electron chi connectivity index (χ2n) is 9.01. The molecule has 4 rings (SSSR count). The fraction of sp³-hybridized carbons (Fsp3) is 0.440. The molecule has 2 aromatic rings. The van der Waals surface area contributed by atoms with Gasteiger partial charge in [-0.2, -0.15) is 0 Å². The van der Waals surface area contributed by atoms with Crippen LogP contribution in [0.15, 0.2) is 42.5 Å². The fourth-order valence-electron chi connectivity index (χ4n) is 4.78. The lowest BCUT2D eigenvalue weighted by Gasteiger charge is -2.30. The molecule has 1 aliphatic heterocycles. The summed E-state index contributed by atoms with van der Waals surface area (Å²) in [6.45, 7) is 0.669. The van der Waals surface area contributed by atoms with Gasteiger partial charge in [0.25, 0.3) is 0 Å². The number of nitrogens with zero attached hydrogens (tertiary/aromatic N) is 1. The van der Waals surface area contributed by atoms with E-state index in [0.29, 0.717) is 30.6 Å². The number of anilines is 2. The average molecular weight is 469 g/mol. The number of rotatable bonds is 7. The molecule has 0 saturated heterocycles. The molecule has 1 amide bonds. The third kappa shape index (κ3) is 5.55. The van der Waals surface area contributed by atoms with Gasteiger partial charge in [-0.05, 0) is 61.4 Å². The monoisotopic (exact) mass is 468 g/mol. The summed E-state index contributed by atoms with van der Waals surface area (Å²) in [4.78, 5) is 14.8. The van der Waals surface area contributed by atoms with Gasteiger partial charge in [0.15, 0.2) is 0 Å². The topological polar surface area (TPSA) is 116 Å². The highest BCUT2D eigenvalue weighted by Crippen LogP contribution is 2.32. The number of aryl methyl sites for hydroxylation is 2. The molecule has 7 nitrogen and oxygen atoms in total. The van der Waals surface area contributed by atoms with Gasteiger partial charge in [-0.15, -0.1) is 0 Å². The average Bonchev–Trinajstić information content (AvgIpc) is 2.82. The van der Waals surface area contributed by atoms with Crippen LogP contribution in [0.5, 0.6) is 0 Å². The van der Waals surface area contributed by atoms with Gasteiger partial charge in [0.1, 0.15) is 5.84 Å². The van der Waals surface area contributed by atoms with Gasteiger partial charge in [-0.1, -0.05) is 43.5 Å². The van der Waals surface area contributed by atoms with E-state index in [1.54, 1.807) is 18.2 Å². The van der Waals surface area contributed by atoms with E-state index in [2.05, 4.69) is 4.72 Å². The van der Waals surface area contributed by atoms with Crippen LogP contribution in [-0.2, 0) is 27.7 Å². The molecular formula is C25H32N4O3S. The molecule has 1 heterocycles. The van der Waals surface area contributed by atoms with Crippen molar-refractivity contribution in [2.24, 2.45) is 5.73 Å². The minimum absolute atomic E-state index is 0.0305. The Morgan fingerprint density at radius 1 is 1.06 bits per heavy atom. The van der Waals surface area contributed by atoms with E-state index < -0.39 is 10.0 Å². The molecule has 176 valence electrons. The SMILES string of the molecule is N=C(N)c1ccc(CCC(=O)N2CCCc3cc(NS(=O)(=O)C4CCCCC4)ccc32)cc1. The number of fused-ring (bicyclic) bond motifs is 1. The Kier molecular flexibility index (Phi) is 7.02. The van der Waals surface area contributed by atoms with Gasteiger partial charge in [-0.3, -0.25) is 14.9 Å². The van der Waals surface area contributed by atoms with E-state index in [9.17, 15) is 13.2 Å². The van der Waals surface area contributed by atoms with E-state index in [1.165, 1.54) is 0 Å². The van der Waals surface area contributed by atoms with Crippen LogP contribution in [0, 0.1) is 5.41 Å². The Labute approximate surface area is 195 Å². The van der Waals surface area contributed by atoms with Gasteiger partial charge in [0.2, 0.25) is 15.9 Å². The predicted molar refractivity (Wildman–Crippen MR) is 132 cm³/mol. The summed E-state index contributed by atoms with van der Waals surface area (Å²) in [7, 11) is -3.39. The van der Waals surface area contributed by atoms with Gasteiger partial charge in [0, 0.05) is 29.9 Å². The predicted octanol–water partition coefficient (Wildman–Crippen LogP) is 3.96. The van der Waals surface area contributed by atoms with Crippen molar-refractivity contribution >= 4 is 33.1 Å². The van der Waals surface area contributed by atoms with E-state index in [0.717, 1.165) is 61.8 Å². The van der Waals surface area contributed by atoms with Crippen molar-refractivity contribution in [1.29, 1.82) is 5.41 Å². The maximum atomic E-state index is 13.0. The molecule has 2 aromatic carbocycles. The van der Waals surface area contributed by atoms with Crippen molar-refractivity contribution in [2.45, 2.75) is 63.0 Å². The minimum atomic E-state index is -3.39. The number of hydrogen-bond donors (Lipinski definition) is 3. The molecule has 4 N–H and O–H groups in total. The summed E-state index contributed by atoms with van der Waals surface area (Å²) >= 11 is 0. The Bertz CT molecular complexity index is 1120. The number of sulfonamides is 1. The third-order valence-corrected chi connectivity index (χ3v) is 8.51. The zero-order chi connectivity index (χ0) is 23.4. The zero-order valence-corrected chi connectivity index (χ0v) is 19.7. The first-order valence-corrected chi connectivity index (χ1v) is 13.3. The number of carbonyl (C=O) groups is 1. The zero-order valence-electron chi connectivity index (χ0n) is 18.8. The van der Waals surface area contributed by atoms with E-state index in [4.69, 9.17) is 11.1 Å². The highest BCUT2D eigenvalue weighted by Gasteiger charge is 2.28. The first kappa shape index (κ1) is 23.3. The quantitative estimate of drug-likeness (QED) is 0.421. The highest BCUT2D eigenvalue weighted by molar-refractivity contribution is 7.93. The largest absolute Gasteiger partial charge is 0.384 e. The summed E-state index contributed by atoms with van der Waals surface area (Å²) in [6, 6.07) is 12.9. The van der Waals surface area contributed by atoms with E-state index in [-0.39, 0.29) is 17.0 Å². The summed E-state index contributed by atoms with van der Waals surface area (Å²) < 4.78 is 28.3. The maximum absolute atomic E-state index is 13.0. The van der Waals surface area contributed by atoms with Crippen molar-refractivity contribution in [3.63, 3.8) is 0 Å². The molecule has 1 aliphatic carbocycles. The van der Waals surface area contributed by atoms with Crippen molar-refractivity contribution in [1.82, 2.24) is 0 Å². The lowest BCUT2D eigenvalue weighted by atomic mass is 10.00. The molecule has 1 fully saturated rings. The Hall–Kier alpha value is -2.87. The molecule has 0 unspecified atom stereocenters. The van der Waals surface area contributed by atoms with Crippen LogP contribution in [0.1, 0.15) is 61.6 Å². The standard InChI is InChI=1S/C25H32N4O3S/c26-25(27)19-11-8-18(9-12-19)10-15-24(30)29-16-4-5-20-17-21(13-14-23(20)29)28-33(31,32)22-6-2-1-3-7-22/h8-9,11-14,17,22,28H,1-7,10,15-16H2,(H3,26,27). The first-order chi connectivity index (χ1) is 15.8. The van der Waals surface area contributed by atoms with Crippen LogP contribution < -0.4 is 15.4 Å². The van der Waals surface area contributed by atoms with Crippen molar-refractivity contribution < 1.29 is 13.2 Å². The van der Waals surface area contributed by atoms with Crippen LogP contribution in [0.4, 0.5) is 11.4 Å². The maximum Gasteiger partial charge on any atom is 0.235 e. The summed E-state index contributed by atoms with van der Waals surface area (Å²) in [5.41, 5.74) is 9.65. The second-order valence-corrected chi connectivity index (χ2v) is 11.0. The van der Waals surface area contributed by atoms with Crippen LogP contribution in [-0.4, -0.2) is 32.0 Å². The Balaban J connectivity index is 1.42. The number of amides is 1. The molecule has 0 aromatic heterocycles. The van der Waals surface area contributed by atoms with Gasteiger partial charge in [0.05, 0.1) is 5.25 Å². The molecule has 33 heavy (non-hydrogen) atoms. The third-order valence-electron chi connectivity index (χ3n) is 6.64. The van der Waals surface area contributed by atoms with Gasteiger partial charge < -0.3 is 10.6 Å². The molecule has 1 saturated carbocycles. The molecule has 0 spiro atoms. The summed E-state index contributed by atoms with van der Waals surface area (Å²) in [6.07, 6.45) is 7.16. The Morgan fingerprint density at radius 3 is 2.48 bits per heavy atom. The molecule has 8 heteroatoms. The van der Waals surface area contributed by atoms with E-state index in [1.807, 2.05) is 29.2 Å². The molecule has 0 atom stereocenters. The highest BCUT2D eigenvalue weighted by atomic mass is 32.2. The number of nitrogen functional groups attached to an aromatic ring is 1. The number of benzene rings is 2. The number of nitrogens with two attached hydrogens (primary N) is 1. The smallest absolute Gasteiger partial charge is 0.235 e. The fourth-order valence-corrected chi connectivity index (χ4v) is 6.36. The minimum Gasteiger partial charge on any atom is -0.384 e. The normalized spacial score (nSPS) is 16.8. The van der Waals surface area contributed by atoms with Crippen LogP contribution in [0.25, 0.3) is 0 Å². The summed E-state index contributed by atoms with van der Waals surface area (Å²) in [5, 5.41) is 7.16. The van der Waals surface area contributed by atoms with Crippen LogP contribution >= 0.6 is 0 Å². The molecule has 2 aliphatic rings. The van der Waals surface area contributed by atoms with Crippen LogP contribution in [0.3, 0.4) is 0 Å². The lowest BCUT2D eigenvalue weighted by molar-refractivity contribution is -0.118. The number of hydrogen-bond acceptors (Lipinski definition) is 4. The molecule has 0 bridgehead atoms. The van der Waals surface area contributed by atoms with Gasteiger partial charge >= 0.3 is 0 Å². The number of nitrogens with one attached hydrogen (secondary N) is 2. The van der Waals surface area contributed by atoms with Crippen LogP contribution in [0.2, 0.25) is 0 Å². The van der Waals surface area contributed by atoms with Crippen molar-refractivity contribution in [3.05, 3.63) is 59.2 Å². The van der Waals surface area contributed by atoms with Crippen molar-refractivity contribution in [2.75, 3.05) is 16.2 Å². The summed E-state index contributed by atoms with van der Waals surface area (Å²) in [5.74, 6) is 0.0880. The van der Waals surface area contributed by atoms with E-state index >= 15 is 0 Å². The lowest BCUT2D eigenvalue weighted by Crippen LogP contribution is -2.35. The van der Waals surface area contributed by atoms with Crippen molar-refractivity contribution in [3.8, 4) is 0 Å².